The third-order valence-corrected chi connectivity index (χ3v) is 4.53. The number of carboxylic acid groups (broad SMARTS) is 1. The number of sulfonamides is 1. The highest BCUT2D eigenvalue weighted by molar-refractivity contribution is 7.89. The van der Waals surface area contributed by atoms with Crippen LogP contribution in [0.2, 0.25) is 0 Å². The zero-order valence-electron chi connectivity index (χ0n) is 9.84. The lowest BCUT2D eigenvalue weighted by Crippen LogP contribution is -2.41. The number of aliphatic carboxylic acids is 1. The summed E-state index contributed by atoms with van der Waals surface area (Å²) in [6.07, 6.45) is 1.37. The van der Waals surface area contributed by atoms with Crippen LogP contribution in [0.4, 0.5) is 0 Å². The molecule has 1 atom stereocenters. The van der Waals surface area contributed by atoms with Crippen LogP contribution >= 0.6 is 0 Å². The normalized spacial score (nSPS) is 13.9. The Labute approximate surface area is 99.5 Å². The molecule has 0 aliphatic carbocycles. The number of aromatic nitrogens is 2. The van der Waals surface area contributed by atoms with Crippen LogP contribution in [0, 0.1) is 6.92 Å². The van der Waals surface area contributed by atoms with Crippen LogP contribution in [0.15, 0.2) is 11.1 Å². The standard InChI is InChI=1S/C9H15N3O4S/c1-4-7(9(13)14)12(3)17(15,16)8-5-10-11-6(8)2/h5,7H,4H2,1-3H3,(H,10,11)(H,13,14). The molecule has 96 valence electrons. The molecular formula is C9H15N3O4S. The van der Waals surface area contributed by atoms with E-state index in [2.05, 4.69) is 10.2 Å². The van der Waals surface area contributed by atoms with E-state index in [1.54, 1.807) is 13.8 Å². The molecule has 8 heteroatoms. The van der Waals surface area contributed by atoms with E-state index in [1.165, 1.54) is 13.2 Å². The van der Waals surface area contributed by atoms with Crippen LogP contribution in [0.25, 0.3) is 0 Å². The molecule has 0 fully saturated rings. The predicted molar refractivity (Wildman–Crippen MR) is 60.0 cm³/mol. The van der Waals surface area contributed by atoms with Gasteiger partial charge in [0.15, 0.2) is 0 Å². The smallest absolute Gasteiger partial charge is 0.321 e. The number of rotatable bonds is 5. The van der Waals surface area contributed by atoms with Crippen molar-refractivity contribution in [3.8, 4) is 0 Å². The number of aromatic amines is 1. The lowest BCUT2D eigenvalue weighted by atomic mass is 10.2. The molecule has 0 amide bonds. The first-order chi connectivity index (χ1) is 7.82. The predicted octanol–water partition coefficient (Wildman–Crippen LogP) is 0.202. The van der Waals surface area contributed by atoms with Gasteiger partial charge in [0, 0.05) is 7.05 Å². The number of likely N-dealkylation sites (N-methyl/N-ethyl adjacent to an activating group) is 1. The van der Waals surface area contributed by atoms with Gasteiger partial charge in [-0.15, -0.1) is 0 Å². The first kappa shape index (κ1) is 13.7. The Morgan fingerprint density at radius 2 is 2.24 bits per heavy atom. The number of aryl methyl sites for hydroxylation is 1. The van der Waals surface area contributed by atoms with Gasteiger partial charge < -0.3 is 5.11 Å². The quantitative estimate of drug-likeness (QED) is 0.788. The van der Waals surface area contributed by atoms with E-state index < -0.39 is 22.0 Å². The molecule has 1 heterocycles. The first-order valence-corrected chi connectivity index (χ1v) is 6.47. The van der Waals surface area contributed by atoms with Crippen molar-refractivity contribution < 1.29 is 18.3 Å². The number of H-pyrrole nitrogens is 1. The first-order valence-electron chi connectivity index (χ1n) is 5.03. The van der Waals surface area contributed by atoms with E-state index in [9.17, 15) is 13.2 Å². The summed E-state index contributed by atoms with van der Waals surface area (Å²) in [5, 5.41) is 15.1. The zero-order valence-corrected chi connectivity index (χ0v) is 10.7. The average molecular weight is 261 g/mol. The number of hydrogen-bond acceptors (Lipinski definition) is 4. The Bertz CT molecular complexity index is 508. The second-order valence-electron chi connectivity index (χ2n) is 3.64. The summed E-state index contributed by atoms with van der Waals surface area (Å²) in [7, 11) is -2.57. The molecule has 0 aliphatic rings. The second-order valence-corrected chi connectivity index (χ2v) is 5.61. The van der Waals surface area contributed by atoms with Gasteiger partial charge in [-0.05, 0) is 13.3 Å². The highest BCUT2D eigenvalue weighted by atomic mass is 32.2. The zero-order chi connectivity index (χ0) is 13.2. The third-order valence-electron chi connectivity index (χ3n) is 2.55. The molecule has 0 saturated heterocycles. The lowest BCUT2D eigenvalue weighted by Gasteiger charge is -2.22. The molecule has 17 heavy (non-hydrogen) atoms. The molecule has 0 aromatic carbocycles. The van der Waals surface area contributed by atoms with Gasteiger partial charge in [-0.2, -0.15) is 9.40 Å². The molecule has 0 saturated carbocycles. The van der Waals surface area contributed by atoms with E-state index in [1.807, 2.05) is 0 Å². The molecule has 2 N–H and O–H groups in total. The van der Waals surface area contributed by atoms with Crippen LogP contribution in [0.3, 0.4) is 0 Å². The summed E-state index contributed by atoms with van der Waals surface area (Å²) >= 11 is 0. The van der Waals surface area contributed by atoms with Gasteiger partial charge in [-0.3, -0.25) is 9.89 Å². The maximum Gasteiger partial charge on any atom is 0.321 e. The van der Waals surface area contributed by atoms with Crippen molar-refractivity contribution in [2.24, 2.45) is 0 Å². The minimum Gasteiger partial charge on any atom is -0.480 e. The van der Waals surface area contributed by atoms with E-state index in [0.29, 0.717) is 5.69 Å². The Kier molecular flexibility index (Phi) is 3.89. The molecule has 1 unspecified atom stereocenters. The lowest BCUT2D eigenvalue weighted by molar-refractivity contribution is -0.141. The summed E-state index contributed by atoms with van der Waals surface area (Å²) in [6.45, 7) is 3.18. The minimum atomic E-state index is -3.82. The minimum absolute atomic E-state index is 0.000278. The highest BCUT2D eigenvalue weighted by Crippen LogP contribution is 2.19. The number of nitrogens with one attached hydrogen (secondary N) is 1. The van der Waals surface area contributed by atoms with Crippen LogP contribution in [0.1, 0.15) is 19.0 Å². The summed E-state index contributed by atoms with van der Waals surface area (Å²) < 4.78 is 25.1. The van der Waals surface area contributed by atoms with Crippen molar-refractivity contribution in [3.05, 3.63) is 11.9 Å². The van der Waals surface area contributed by atoms with Crippen molar-refractivity contribution in [2.75, 3.05) is 7.05 Å². The maximum absolute atomic E-state index is 12.1. The fourth-order valence-corrected chi connectivity index (χ4v) is 3.01. The van der Waals surface area contributed by atoms with Crippen LogP contribution in [-0.4, -0.2) is 47.1 Å². The highest BCUT2D eigenvalue weighted by Gasteiger charge is 2.33. The molecule has 0 bridgehead atoms. The average Bonchev–Trinajstić information content (AvgIpc) is 2.65. The van der Waals surface area contributed by atoms with Gasteiger partial charge in [-0.25, -0.2) is 8.42 Å². The molecule has 1 rings (SSSR count). The van der Waals surface area contributed by atoms with Crippen molar-refractivity contribution in [1.82, 2.24) is 14.5 Å². The molecular weight excluding hydrogens is 246 g/mol. The van der Waals surface area contributed by atoms with Crippen LogP contribution in [-0.2, 0) is 14.8 Å². The van der Waals surface area contributed by atoms with Gasteiger partial charge in [0.05, 0.1) is 11.9 Å². The summed E-state index contributed by atoms with van der Waals surface area (Å²) in [4.78, 5) is 10.9. The van der Waals surface area contributed by atoms with Crippen molar-refractivity contribution in [1.29, 1.82) is 0 Å². The van der Waals surface area contributed by atoms with Crippen LogP contribution in [0.5, 0.6) is 0 Å². The van der Waals surface area contributed by atoms with E-state index in [-0.39, 0.29) is 11.3 Å². The van der Waals surface area contributed by atoms with Gasteiger partial charge in [0.1, 0.15) is 10.9 Å². The Morgan fingerprint density at radius 3 is 2.59 bits per heavy atom. The molecule has 1 aromatic heterocycles. The molecule has 7 nitrogen and oxygen atoms in total. The van der Waals surface area contributed by atoms with Gasteiger partial charge in [0.25, 0.3) is 0 Å². The van der Waals surface area contributed by atoms with E-state index in [0.717, 1.165) is 4.31 Å². The van der Waals surface area contributed by atoms with Gasteiger partial charge >= 0.3 is 5.97 Å². The third kappa shape index (κ3) is 2.47. The molecule has 1 aromatic rings. The van der Waals surface area contributed by atoms with Crippen LogP contribution < -0.4 is 0 Å². The van der Waals surface area contributed by atoms with Crippen molar-refractivity contribution >= 4 is 16.0 Å². The topological polar surface area (TPSA) is 103 Å². The van der Waals surface area contributed by atoms with E-state index in [4.69, 9.17) is 5.11 Å². The Morgan fingerprint density at radius 1 is 1.65 bits per heavy atom. The number of nitrogens with zero attached hydrogens (tertiary/aromatic N) is 2. The molecule has 0 spiro atoms. The Hall–Kier alpha value is -1.41. The SMILES string of the molecule is CCC(C(=O)O)N(C)S(=O)(=O)c1cn[nH]c1C. The summed E-state index contributed by atoms with van der Waals surface area (Å²) in [5.41, 5.74) is 0.386. The van der Waals surface area contributed by atoms with E-state index >= 15 is 0 Å². The number of carbonyl (C=O) groups is 1. The van der Waals surface area contributed by atoms with Gasteiger partial charge in [0.2, 0.25) is 10.0 Å². The van der Waals surface area contributed by atoms with Gasteiger partial charge in [-0.1, -0.05) is 6.92 Å². The molecule has 0 radical (unpaired) electrons. The fourth-order valence-electron chi connectivity index (χ4n) is 1.51. The largest absolute Gasteiger partial charge is 0.480 e. The number of hydrogen-bond donors (Lipinski definition) is 2. The van der Waals surface area contributed by atoms with Crippen molar-refractivity contribution in [2.45, 2.75) is 31.2 Å². The second kappa shape index (κ2) is 4.84. The van der Waals surface area contributed by atoms with Crippen molar-refractivity contribution in [3.63, 3.8) is 0 Å². The monoisotopic (exact) mass is 261 g/mol. The number of carboxylic acids is 1. The summed E-state index contributed by atoms with van der Waals surface area (Å²) in [6, 6.07) is -1.07. The molecule has 0 aliphatic heterocycles. The maximum atomic E-state index is 12.1. The summed E-state index contributed by atoms with van der Waals surface area (Å²) in [5.74, 6) is -1.17. The Balaban J connectivity index is 3.15. The fraction of sp³-hybridized carbons (Fsp3) is 0.556.